The molecule has 1 aromatic carbocycles. The van der Waals surface area contributed by atoms with E-state index in [1.165, 1.54) is 12.8 Å². The summed E-state index contributed by atoms with van der Waals surface area (Å²) in [6.07, 6.45) is 4.27. The summed E-state index contributed by atoms with van der Waals surface area (Å²) < 4.78 is 12.1. The van der Waals surface area contributed by atoms with Crippen LogP contribution < -0.4 is 20.1 Å². The van der Waals surface area contributed by atoms with E-state index in [1.54, 1.807) is 0 Å². The van der Waals surface area contributed by atoms with Gasteiger partial charge in [-0.05, 0) is 51.3 Å². The van der Waals surface area contributed by atoms with Gasteiger partial charge in [0.25, 0.3) is 5.79 Å². The van der Waals surface area contributed by atoms with Crippen LogP contribution in [0.3, 0.4) is 0 Å². The molecule has 0 amide bonds. The summed E-state index contributed by atoms with van der Waals surface area (Å²) in [6.45, 7) is 1.75. The maximum atomic E-state index is 6.06. The number of likely N-dealkylation sites (N-methyl/N-ethyl adjacent to an activating group) is 1. The predicted octanol–water partition coefficient (Wildman–Crippen LogP) is 2.58. The van der Waals surface area contributed by atoms with Crippen LogP contribution in [0.2, 0.25) is 0 Å². The van der Waals surface area contributed by atoms with E-state index in [2.05, 4.69) is 15.5 Å². The normalized spacial score (nSPS) is 18.0. The van der Waals surface area contributed by atoms with Crippen LogP contribution in [-0.2, 0) is 0 Å². The van der Waals surface area contributed by atoms with Crippen molar-refractivity contribution in [3.8, 4) is 11.5 Å². The highest BCUT2D eigenvalue weighted by Gasteiger charge is 2.44. The molecule has 0 radical (unpaired) electrons. The second-order valence-electron chi connectivity index (χ2n) is 6.17. The molecule has 2 N–H and O–H groups in total. The molecule has 1 aromatic rings. The Morgan fingerprint density at radius 1 is 1.23 bits per heavy atom. The monoisotopic (exact) mass is 321 g/mol. The van der Waals surface area contributed by atoms with E-state index in [9.17, 15) is 0 Å². The SMILES string of the molecule is CN(C)CCNC(=S)Nc1ccc2c(c1)OC1(CCCC1)O2. The zero-order valence-electron chi connectivity index (χ0n) is 13.1. The molecule has 0 unspecified atom stereocenters. The summed E-state index contributed by atoms with van der Waals surface area (Å²) in [7, 11) is 4.07. The third-order valence-electron chi connectivity index (χ3n) is 4.00. The fourth-order valence-corrected chi connectivity index (χ4v) is 3.08. The van der Waals surface area contributed by atoms with Gasteiger partial charge < -0.3 is 25.0 Å². The van der Waals surface area contributed by atoms with Gasteiger partial charge in [-0.1, -0.05) is 0 Å². The van der Waals surface area contributed by atoms with E-state index in [-0.39, 0.29) is 0 Å². The summed E-state index contributed by atoms with van der Waals surface area (Å²) in [6, 6.07) is 5.88. The molecule has 6 heteroatoms. The van der Waals surface area contributed by atoms with Crippen molar-refractivity contribution in [2.24, 2.45) is 0 Å². The molecule has 1 fully saturated rings. The van der Waals surface area contributed by atoms with Gasteiger partial charge in [-0.25, -0.2) is 0 Å². The molecule has 1 spiro atoms. The summed E-state index contributed by atoms with van der Waals surface area (Å²) in [4.78, 5) is 2.11. The molecule has 0 saturated heterocycles. The Hall–Kier alpha value is -1.53. The van der Waals surface area contributed by atoms with Crippen molar-refractivity contribution >= 4 is 23.0 Å². The van der Waals surface area contributed by atoms with Crippen molar-refractivity contribution in [3.05, 3.63) is 18.2 Å². The van der Waals surface area contributed by atoms with Gasteiger partial charge in [-0.15, -0.1) is 0 Å². The molecule has 0 bridgehead atoms. The number of thiocarbonyl (C=S) groups is 1. The summed E-state index contributed by atoms with van der Waals surface area (Å²) >= 11 is 5.30. The molecule has 1 saturated carbocycles. The number of fused-ring (bicyclic) bond motifs is 1. The average molecular weight is 321 g/mol. The van der Waals surface area contributed by atoms with Crippen molar-refractivity contribution in [2.75, 3.05) is 32.5 Å². The maximum absolute atomic E-state index is 6.06. The molecule has 0 atom stereocenters. The first-order valence-corrected chi connectivity index (χ1v) is 8.19. The molecule has 1 aliphatic heterocycles. The zero-order chi connectivity index (χ0) is 15.6. The van der Waals surface area contributed by atoms with Gasteiger partial charge in [0.2, 0.25) is 0 Å². The highest BCUT2D eigenvalue weighted by molar-refractivity contribution is 7.80. The minimum Gasteiger partial charge on any atom is -0.448 e. The van der Waals surface area contributed by atoms with Crippen molar-refractivity contribution in [1.82, 2.24) is 10.2 Å². The summed E-state index contributed by atoms with van der Waals surface area (Å²) in [5.74, 6) is 1.23. The predicted molar refractivity (Wildman–Crippen MR) is 91.7 cm³/mol. The number of anilines is 1. The van der Waals surface area contributed by atoms with E-state index in [0.29, 0.717) is 5.11 Å². The first kappa shape index (κ1) is 15.4. The van der Waals surface area contributed by atoms with E-state index in [1.807, 2.05) is 32.3 Å². The summed E-state index contributed by atoms with van der Waals surface area (Å²) in [5, 5.41) is 7.00. The molecule has 3 rings (SSSR count). The van der Waals surface area contributed by atoms with Crippen molar-refractivity contribution in [1.29, 1.82) is 0 Å². The van der Waals surface area contributed by atoms with Crippen LogP contribution in [0.25, 0.3) is 0 Å². The topological polar surface area (TPSA) is 45.8 Å². The second kappa shape index (κ2) is 6.30. The van der Waals surface area contributed by atoms with Crippen molar-refractivity contribution in [3.63, 3.8) is 0 Å². The van der Waals surface area contributed by atoms with Gasteiger partial charge >= 0.3 is 0 Å². The maximum Gasteiger partial charge on any atom is 0.251 e. The Kier molecular flexibility index (Phi) is 4.40. The number of nitrogens with zero attached hydrogens (tertiary/aromatic N) is 1. The molecule has 2 aliphatic rings. The van der Waals surface area contributed by atoms with Crippen LogP contribution in [0.15, 0.2) is 18.2 Å². The van der Waals surface area contributed by atoms with Crippen LogP contribution >= 0.6 is 12.2 Å². The van der Waals surface area contributed by atoms with E-state index in [0.717, 1.165) is 43.1 Å². The number of nitrogens with one attached hydrogen (secondary N) is 2. The molecular weight excluding hydrogens is 298 g/mol. The lowest BCUT2D eigenvalue weighted by Crippen LogP contribution is -2.34. The second-order valence-corrected chi connectivity index (χ2v) is 6.58. The van der Waals surface area contributed by atoms with Gasteiger partial charge in [0.15, 0.2) is 16.6 Å². The van der Waals surface area contributed by atoms with E-state index < -0.39 is 5.79 Å². The van der Waals surface area contributed by atoms with E-state index in [4.69, 9.17) is 21.7 Å². The van der Waals surface area contributed by atoms with Gasteiger partial charge in [0.1, 0.15) is 0 Å². The molecule has 1 heterocycles. The third kappa shape index (κ3) is 3.44. The Morgan fingerprint density at radius 2 is 1.95 bits per heavy atom. The third-order valence-corrected chi connectivity index (χ3v) is 4.25. The Labute approximate surface area is 137 Å². The number of rotatable bonds is 4. The highest BCUT2D eigenvalue weighted by atomic mass is 32.1. The van der Waals surface area contributed by atoms with Crippen LogP contribution in [0, 0.1) is 0 Å². The van der Waals surface area contributed by atoms with Gasteiger partial charge in [-0.3, -0.25) is 0 Å². The van der Waals surface area contributed by atoms with E-state index >= 15 is 0 Å². The Bertz CT molecular complexity index is 556. The highest BCUT2D eigenvalue weighted by Crippen LogP contribution is 2.47. The molecule has 5 nitrogen and oxygen atoms in total. The van der Waals surface area contributed by atoms with Crippen LogP contribution in [-0.4, -0.2) is 43.0 Å². The molecule has 120 valence electrons. The number of benzene rings is 1. The van der Waals surface area contributed by atoms with Crippen molar-refractivity contribution < 1.29 is 9.47 Å². The number of ether oxygens (including phenoxy) is 2. The first-order chi connectivity index (χ1) is 10.6. The van der Waals surface area contributed by atoms with Gasteiger partial charge in [-0.2, -0.15) is 0 Å². The molecule has 22 heavy (non-hydrogen) atoms. The lowest BCUT2D eigenvalue weighted by molar-refractivity contribution is -0.0716. The largest absolute Gasteiger partial charge is 0.448 e. The first-order valence-electron chi connectivity index (χ1n) is 7.78. The van der Waals surface area contributed by atoms with Gasteiger partial charge in [0.05, 0.1) is 0 Å². The van der Waals surface area contributed by atoms with Crippen LogP contribution in [0.1, 0.15) is 25.7 Å². The quantitative estimate of drug-likeness (QED) is 0.831. The molecule has 0 aromatic heterocycles. The smallest absolute Gasteiger partial charge is 0.251 e. The van der Waals surface area contributed by atoms with Crippen LogP contribution in [0.4, 0.5) is 5.69 Å². The van der Waals surface area contributed by atoms with Crippen LogP contribution in [0.5, 0.6) is 11.5 Å². The minimum absolute atomic E-state index is 0.411. The summed E-state index contributed by atoms with van der Waals surface area (Å²) in [5.41, 5.74) is 0.916. The lowest BCUT2D eigenvalue weighted by atomic mass is 10.2. The zero-order valence-corrected chi connectivity index (χ0v) is 14.0. The number of hydrogen-bond acceptors (Lipinski definition) is 4. The molecule has 1 aliphatic carbocycles. The van der Waals surface area contributed by atoms with Crippen molar-refractivity contribution in [2.45, 2.75) is 31.5 Å². The average Bonchev–Trinajstić information content (AvgIpc) is 3.04. The Balaban J connectivity index is 1.57. The Morgan fingerprint density at radius 3 is 2.68 bits per heavy atom. The standard InChI is InChI=1S/C16H23N3O2S/c1-19(2)10-9-17-15(22)18-12-5-6-13-14(11-12)21-16(20-13)7-3-4-8-16/h5-6,11H,3-4,7-10H2,1-2H3,(H2,17,18,22). The molecular formula is C16H23N3O2S. The fourth-order valence-electron chi connectivity index (χ4n) is 2.86. The lowest BCUT2D eigenvalue weighted by Gasteiger charge is -2.21. The van der Waals surface area contributed by atoms with Gasteiger partial charge in [0, 0.05) is 37.7 Å². The fraction of sp³-hybridized carbons (Fsp3) is 0.562. The minimum atomic E-state index is -0.411. The number of hydrogen-bond donors (Lipinski definition) is 2.